The van der Waals surface area contributed by atoms with Crippen molar-refractivity contribution in [2.75, 3.05) is 0 Å². The number of benzene rings is 4. The number of hydrogen-bond donors (Lipinski definition) is 0. The Hall–Kier alpha value is -2.31. The molecule has 0 unspecified atom stereocenters. The van der Waals surface area contributed by atoms with Crippen LogP contribution in [-0.4, -0.2) is 4.98 Å². The zero-order valence-corrected chi connectivity index (χ0v) is 25.3. The van der Waals surface area contributed by atoms with Crippen molar-refractivity contribution in [1.82, 2.24) is 4.98 Å². The zero-order valence-electron chi connectivity index (χ0n) is 22.3. The maximum atomic E-state index is 6.88. The molecule has 0 spiro atoms. The summed E-state index contributed by atoms with van der Waals surface area (Å²) in [5.41, 5.74) is 5.13. The predicted molar refractivity (Wildman–Crippen MR) is 168 cm³/mol. The summed E-state index contributed by atoms with van der Waals surface area (Å²) in [6.45, 7) is 13.8. The first-order valence-electron chi connectivity index (χ1n) is 12.9. The third-order valence-corrected chi connectivity index (χ3v) is 9.02. The second kappa shape index (κ2) is 8.88. The van der Waals surface area contributed by atoms with Gasteiger partial charge in [0.25, 0.3) is 0 Å². The van der Waals surface area contributed by atoms with E-state index in [9.17, 15) is 0 Å². The van der Waals surface area contributed by atoms with E-state index in [4.69, 9.17) is 9.72 Å². The molecule has 0 bridgehead atoms. The lowest BCUT2D eigenvalue weighted by Crippen LogP contribution is -2.12. The van der Waals surface area contributed by atoms with Crippen LogP contribution in [0.15, 0.2) is 65.7 Å². The molecule has 0 N–H and O–H groups in total. The Labute approximate surface area is 235 Å². The Morgan fingerprint density at radius 1 is 0.784 bits per heavy atom. The lowest BCUT2D eigenvalue weighted by Gasteiger charge is -2.28. The van der Waals surface area contributed by atoms with Crippen molar-refractivity contribution in [2.24, 2.45) is 10.8 Å². The van der Waals surface area contributed by atoms with Gasteiger partial charge in [0.05, 0.1) is 11.1 Å². The van der Waals surface area contributed by atoms with Crippen LogP contribution >= 0.6 is 30.1 Å². The number of rotatable bonds is 3. The van der Waals surface area contributed by atoms with Gasteiger partial charge in [-0.05, 0) is 86.5 Å². The van der Waals surface area contributed by atoms with Crippen molar-refractivity contribution in [2.45, 2.75) is 59.3 Å². The summed E-state index contributed by atoms with van der Waals surface area (Å²) in [6.07, 6.45) is 3.94. The SMILES string of the molecule is CC(C)(C)Cc1ccc2cc3c4c(nccc4c2c1)-c1cc2ccc(SI)cc2c(CC(C)(C)C)c1O3. The number of pyridine rings is 1. The first-order chi connectivity index (χ1) is 17.5. The molecule has 0 radical (unpaired) electrons. The number of hydrogen-bond acceptors (Lipinski definition) is 3. The summed E-state index contributed by atoms with van der Waals surface area (Å²) in [4.78, 5) is 6.22. The van der Waals surface area contributed by atoms with E-state index in [1.165, 1.54) is 43.0 Å². The van der Waals surface area contributed by atoms with Gasteiger partial charge < -0.3 is 4.74 Å². The molecule has 1 aromatic heterocycles. The van der Waals surface area contributed by atoms with Crippen LogP contribution in [0.3, 0.4) is 0 Å². The molecule has 4 aromatic carbocycles. The van der Waals surface area contributed by atoms with Crippen LogP contribution in [0.5, 0.6) is 11.5 Å². The van der Waals surface area contributed by atoms with Gasteiger partial charge in [0.2, 0.25) is 0 Å². The minimum atomic E-state index is 0.117. The summed E-state index contributed by atoms with van der Waals surface area (Å²) >= 11 is 2.37. The summed E-state index contributed by atoms with van der Waals surface area (Å²) in [5, 5.41) is 7.34. The maximum absolute atomic E-state index is 6.88. The lowest BCUT2D eigenvalue weighted by molar-refractivity contribution is 0.400. The van der Waals surface area contributed by atoms with Gasteiger partial charge in [-0.3, -0.25) is 4.98 Å². The van der Waals surface area contributed by atoms with Gasteiger partial charge in [-0.15, -0.1) is 0 Å². The molecule has 1 aliphatic heterocycles. The highest BCUT2D eigenvalue weighted by molar-refractivity contribution is 14.2. The Morgan fingerprint density at radius 3 is 2.24 bits per heavy atom. The fourth-order valence-electron chi connectivity index (χ4n) is 5.70. The highest BCUT2D eigenvalue weighted by Gasteiger charge is 2.28. The van der Waals surface area contributed by atoms with Crippen LogP contribution in [-0.2, 0) is 12.8 Å². The predicted octanol–water partition coefficient (Wildman–Crippen LogP) is 10.9. The third-order valence-electron chi connectivity index (χ3n) is 7.06. The molecule has 0 amide bonds. The topological polar surface area (TPSA) is 22.1 Å². The fourth-order valence-corrected chi connectivity index (χ4v) is 6.81. The number of ether oxygens (including phenoxy) is 1. The Bertz CT molecular complexity index is 1710. The quantitative estimate of drug-likeness (QED) is 0.146. The van der Waals surface area contributed by atoms with Crippen LogP contribution < -0.4 is 4.74 Å². The molecule has 0 aliphatic carbocycles. The molecule has 0 saturated carbocycles. The van der Waals surface area contributed by atoms with Crippen LogP contribution in [0.1, 0.15) is 52.7 Å². The lowest BCUT2D eigenvalue weighted by atomic mass is 9.83. The van der Waals surface area contributed by atoms with Crippen LogP contribution in [0.4, 0.5) is 0 Å². The van der Waals surface area contributed by atoms with Gasteiger partial charge in [-0.1, -0.05) is 74.7 Å². The van der Waals surface area contributed by atoms with Crippen molar-refractivity contribution in [3.63, 3.8) is 0 Å². The van der Waals surface area contributed by atoms with Crippen LogP contribution in [0.25, 0.3) is 43.6 Å². The van der Waals surface area contributed by atoms with Crippen LogP contribution in [0.2, 0.25) is 0 Å². The maximum Gasteiger partial charge on any atom is 0.140 e. The molecule has 0 atom stereocenters. The number of halogens is 1. The summed E-state index contributed by atoms with van der Waals surface area (Å²) < 4.78 is 6.88. The van der Waals surface area contributed by atoms with E-state index in [2.05, 4.69) is 117 Å². The van der Waals surface area contributed by atoms with Gasteiger partial charge in [0, 0.05) is 43.4 Å². The third kappa shape index (κ3) is 4.61. The van der Waals surface area contributed by atoms with E-state index in [1.54, 1.807) is 8.93 Å². The largest absolute Gasteiger partial charge is 0.456 e. The average Bonchev–Trinajstić information content (AvgIpc) is 2.83. The van der Waals surface area contributed by atoms with Gasteiger partial charge in [-0.2, -0.15) is 0 Å². The number of aromatic nitrogens is 1. The first kappa shape index (κ1) is 25.0. The molecule has 1 aliphatic rings. The van der Waals surface area contributed by atoms with Gasteiger partial charge >= 0.3 is 0 Å². The van der Waals surface area contributed by atoms with E-state index >= 15 is 0 Å². The summed E-state index contributed by atoms with van der Waals surface area (Å²) in [6, 6.07) is 20.3. The molecular weight excluding hydrogens is 585 g/mol. The second-order valence-electron chi connectivity index (χ2n) is 12.8. The smallest absolute Gasteiger partial charge is 0.140 e. The van der Waals surface area contributed by atoms with Gasteiger partial charge in [-0.25, -0.2) is 0 Å². The molecule has 188 valence electrons. The molecule has 0 fully saturated rings. The molecule has 6 rings (SSSR count). The average molecular weight is 618 g/mol. The van der Waals surface area contributed by atoms with Crippen molar-refractivity contribution in [3.05, 3.63) is 71.9 Å². The molecular formula is C33H32INOS. The first-order valence-corrected chi connectivity index (χ1v) is 16.3. The van der Waals surface area contributed by atoms with E-state index in [1.807, 2.05) is 6.20 Å². The molecule has 2 nitrogen and oxygen atoms in total. The monoisotopic (exact) mass is 617 g/mol. The summed E-state index contributed by atoms with van der Waals surface area (Å²) in [7, 11) is 1.75. The molecule has 5 aromatic rings. The van der Waals surface area contributed by atoms with E-state index < -0.39 is 0 Å². The summed E-state index contributed by atoms with van der Waals surface area (Å²) in [5.74, 6) is 1.88. The van der Waals surface area contributed by atoms with Gasteiger partial charge in [0.15, 0.2) is 0 Å². The van der Waals surface area contributed by atoms with Gasteiger partial charge in [0.1, 0.15) is 11.5 Å². The number of nitrogens with zero attached hydrogens (tertiary/aromatic N) is 1. The van der Waals surface area contributed by atoms with Crippen molar-refractivity contribution in [3.8, 4) is 22.8 Å². The highest BCUT2D eigenvalue weighted by Crippen LogP contribution is 2.52. The Balaban J connectivity index is 1.65. The Kier molecular flexibility index (Phi) is 6.00. The minimum absolute atomic E-state index is 0.117. The fraction of sp³-hybridized carbons (Fsp3) is 0.303. The Morgan fingerprint density at radius 2 is 1.51 bits per heavy atom. The number of fused-ring (bicyclic) bond motifs is 5. The second-order valence-corrected chi connectivity index (χ2v) is 14.7. The molecule has 37 heavy (non-hydrogen) atoms. The molecule has 4 heteroatoms. The van der Waals surface area contributed by atoms with Crippen molar-refractivity contribution < 1.29 is 4.74 Å². The normalized spacial score (nSPS) is 13.3. The molecule has 2 heterocycles. The standard InChI is InChI=1S/C33H32INOS/c1-32(2,3)17-19-7-8-21-15-28-29-23(24(21)13-19)11-12-35-30(29)26-14-20-9-10-22(37-34)16-25(20)27(31(26)36-28)18-33(4,5)6/h7-16H,17-18H2,1-6H3. The zero-order chi connectivity index (χ0) is 26.1. The molecule has 0 saturated heterocycles. The van der Waals surface area contributed by atoms with Crippen molar-refractivity contribution >= 4 is 62.5 Å². The van der Waals surface area contributed by atoms with E-state index in [-0.39, 0.29) is 10.8 Å². The van der Waals surface area contributed by atoms with E-state index in [0.717, 1.165) is 41.0 Å². The van der Waals surface area contributed by atoms with Crippen LogP contribution in [0, 0.1) is 10.8 Å². The van der Waals surface area contributed by atoms with E-state index in [0.29, 0.717) is 0 Å². The minimum Gasteiger partial charge on any atom is -0.456 e. The van der Waals surface area contributed by atoms with Crippen molar-refractivity contribution in [1.29, 1.82) is 0 Å². The highest BCUT2D eigenvalue weighted by atomic mass is 127.